The van der Waals surface area contributed by atoms with Gasteiger partial charge < -0.3 is 4.57 Å². The van der Waals surface area contributed by atoms with Crippen molar-refractivity contribution in [2.24, 2.45) is 0 Å². The fourth-order valence-electron chi connectivity index (χ4n) is 3.01. The lowest BCUT2D eigenvalue weighted by molar-refractivity contribution is 1.18. The molecule has 3 heteroatoms. The molecule has 0 spiro atoms. The van der Waals surface area contributed by atoms with E-state index in [1.807, 2.05) is 6.08 Å². The summed E-state index contributed by atoms with van der Waals surface area (Å²) in [7, 11) is 0. The summed E-state index contributed by atoms with van der Waals surface area (Å²) in [6.07, 6.45) is 1.86. The zero-order valence-electron chi connectivity index (χ0n) is 12.3. The summed E-state index contributed by atoms with van der Waals surface area (Å²) in [6.45, 7) is 3.83. The van der Waals surface area contributed by atoms with Gasteiger partial charge in [-0.15, -0.1) is 0 Å². The smallest absolute Gasteiger partial charge is 0.0541 e. The van der Waals surface area contributed by atoms with Gasteiger partial charge in [0.05, 0.1) is 11.0 Å². The number of nitrogens with zero attached hydrogens (tertiary/aromatic N) is 1. The molecule has 0 aliphatic heterocycles. The number of halogens is 2. The van der Waals surface area contributed by atoms with Crippen LogP contribution >= 0.6 is 31.9 Å². The Morgan fingerprint density at radius 3 is 1.74 bits per heavy atom. The second kappa shape index (κ2) is 5.66. The average molecular weight is 427 g/mol. The van der Waals surface area contributed by atoms with E-state index in [-0.39, 0.29) is 0 Å². The molecule has 0 saturated carbocycles. The highest BCUT2D eigenvalue weighted by atomic mass is 79.9. The average Bonchev–Trinajstić information content (AvgIpc) is 2.88. The summed E-state index contributed by atoms with van der Waals surface area (Å²) in [4.78, 5) is 0. The topological polar surface area (TPSA) is 4.93 Å². The Labute approximate surface area is 151 Å². The molecule has 4 rings (SSSR count). The van der Waals surface area contributed by atoms with Gasteiger partial charge in [0.1, 0.15) is 0 Å². The number of aromatic nitrogens is 1. The Hall–Kier alpha value is -1.84. The van der Waals surface area contributed by atoms with Crippen molar-refractivity contribution in [2.75, 3.05) is 0 Å². The third kappa shape index (κ3) is 2.44. The van der Waals surface area contributed by atoms with Crippen LogP contribution in [0.15, 0.2) is 76.2 Å². The Balaban J connectivity index is 2.12. The van der Waals surface area contributed by atoms with Gasteiger partial charge in [-0.1, -0.05) is 56.6 Å². The molecule has 0 aliphatic rings. The van der Waals surface area contributed by atoms with Crippen LogP contribution < -0.4 is 0 Å². The van der Waals surface area contributed by atoms with Crippen LogP contribution in [0, 0.1) is 0 Å². The third-order valence-corrected chi connectivity index (χ3v) is 5.06. The summed E-state index contributed by atoms with van der Waals surface area (Å²) in [5.74, 6) is 0. The van der Waals surface area contributed by atoms with Gasteiger partial charge >= 0.3 is 0 Å². The number of fused-ring (bicyclic) bond motifs is 3. The van der Waals surface area contributed by atoms with E-state index in [9.17, 15) is 0 Å². The molecule has 0 aliphatic carbocycles. The molecule has 1 aromatic heterocycles. The lowest BCUT2D eigenvalue weighted by Crippen LogP contribution is -1.93. The molecule has 23 heavy (non-hydrogen) atoms. The van der Waals surface area contributed by atoms with E-state index in [1.54, 1.807) is 0 Å². The molecule has 0 bridgehead atoms. The first-order chi connectivity index (χ1) is 11.2. The van der Waals surface area contributed by atoms with Crippen LogP contribution in [0.3, 0.4) is 0 Å². The molecule has 112 valence electrons. The molecule has 0 fully saturated rings. The predicted molar refractivity (Wildman–Crippen MR) is 106 cm³/mol. The van der Waals surface area contributed by atoms with E-state index in [0.717, 1.165) is 20.2 Å². The molecule has 0 saturated heterocycles. The summed E-state index contributed by atoms with van der Waals surface area (Å²) >= 11 is 7.18. The summed E-state index contributed by atoms with van der Waals surface area (Å²) < 4.78 is 4.48. The first-order valence-electron chi connectivity index (χ1n) is 7.29. The van der Waals surface area contributed by atoms with E-state index in [1.165, 1.54) is 21.8 Å². The first kappa shape index (κ1) is 14.7. The van der Waals surface area contributed by atoms with Crippen LogP contribution in [0.5, 0.6) is 0 Å². The van der Waals surface area contributed by atoms with Crippen molar-refractivity contribution in [3.05, 3.63) is 81.8 Å². The highest BCUT2D eigenvalue weighted by Gasteiger charge is 2.12. The van der Waals surface area contributed by atoms with Crippen LogP contribution in [0.25, 0.3) is 33.6 Å². The fraction of sp³-hybridized carbons (Fsp3) is 0. The molecule has 0 N–H and O–H groups in total. The summed E-state index contributed by atoms with van der Waals surface area (Å²) in [5.41, 5.74) is 4.68. The second-order valence-corrected chi connectivity index (χ2v) is 7.29. The van der Waals surface area contributed by atoms with E-state index in [4.69, 9.17) is 0 Å². The van der Waals surface area contributed by atoms with Gasteiger partial charge in [-0.05, 0) is 54.1 Å². The number of benzene rings is 3. The highest BCUT2D eigenvalue weighted by Crippen LogP contribution is 2.35. The zero-order valence-corrected chi connectivity index (χ0v) is 15.4. The molecule has 4 aromatic rings. The van der Waals surface area contributed by atoms with E-state index < -0.39 is 0 Å². The Morgan fingerprint density at radius 2 is 1.26 bits per heavy atom. The first-order valence-corrected chi connectivity index (χ1v) is 8.88. The van der Waals surface area contributed by atoms with Gasteiger partial charge in [-0.3, -0.25) is 0 Å². The van der Waals surface area contributed by atoms with Crippen molar-refractivity contribution in [1.82, 2.24) is 4.57 Å². The van der Waals surface area contributed by atoms with Crippen LogP contribution in [0.1, 0.15) is 5.56 Å². The Kier molecular flexibility index (Phi) is 3.63. The van der Waals surface area contributed by atoms with Gasteiger partial charge in [0, 0.05) is 25.4 Å². The van der Waals surface area contributed by atoms with E-state index >= 15 is 0 Å². The van der Waals surface area contributed by atoms with Gasteiger partial charge in [0.15, 0.2) is 0 Å². The van der Waals surface area contributed by atoms with Crippen LogP contribution in [0.2, 0.25) is 0 Å². The van der Waals surface area contributed by atoms with Crippen molar-refractivity contribution >= 4 is 59.7 Å². The molecule has 0 atom stereocenters. The van der Waals surface area contributed by atoms with Gasteiger partial charge in [-0.25, -0.2) is 0 Å². The van der Waals surface area contributed by atoms with Crippen LogP contribution in [-0.4, -0.2) is 4.57 Å². The van der Waals surface area contributed by atoms with Crippen molar-refractivity contribution < 1.29 is 0 Å². The van der Waals surface area contributed by atoms with Crippen molar-refractivity contribution in [3.63, 3.8) is 0 Å². The molecule has 1 heterocycles. The standard InChI is InChI=1S/C20H13Br2N/c1-2-13-3-7-16(8-4-13)23-19-9-5-14(21)11-17(19)18-12-15(22)6-10-20(18)23/h2-12H,1H2. The number of hydrogen-bond donors (Lipinski definition) is 0. The molecule has 0 radical (unpaired) electrons. The Bertz CT molecular complexity index is 984. The molecule has 3 aromatic carbocycles. The van der Waals surface area contributed by atoms with Gasteiger partial charge in [0.2, 0.25) is 0 Å². The number of rotatable bonds is 2. The van der Waals surface area contributed by atoms with Crippen LogP contribution in [-0.2, 0) is 0 Å². The molecular formula is C20H13Br2N. The molecule has 0 amide bonds. The quantitative estimate of drug-likeness (QED) is 0.326. The van der Waals surface area contributed by atoms with Crippen molar-refractivity contribution in [2.45, 2.75) is 0 Å². The minimum Gasteiger partial charge on any atom is -0.309 e. The second-order valence-electron chi connectivity index (χ2n) is 5.45. The van der Waals surface area contributed by atoms with Crippen LogP contribution in [0.4, 0.5) is 0 Å². The maximum absolute atomic E-state index is 3.83. The molecule has 0 unspecified atom stereocenters. The van der Waals surface area contributed by atoms with Crippen molar-refractivity contribution in [1.29, 1.82) is 0 Å². The maximum Gasteiger partial charge on any atom is 0.0541 e. The van der Waals surface area contributed by atoms with E-state index in [0.29, 0.717) is 0 Å². The summed E-state index contributed by atoms with van der Waals surface area (Å²) in [5, 5.41) is 2.48. The minimum atomic E-state index is 1.09. The number of hydrogen-bond acceptors (Lipinski definition) is 0. The van der Waals surface area contributed by atoms with Gasteiger partial charge in [-0.2, -0.15) is 0 Å². The van der Waals surface area contributed by atoms with Crippen molar-refractivity contribution in [3.8, 4) is 5.69 Å². The minimum absolute atomic E-state index is 1.09. The SMILES string of the molecule is C=Cc1ccc(-n2c3ccc(Br)cc3c3cc(Br)ccc32)cc1. The zero-order chi connectivity index (χ0) is 16.0. The Morgan fingerprint density at radius 1 is 0.739 bits per heavy atom. The normalized spacial score (nSPS) is 11.2. The fourth-order valence-corrected chi connectivity index (χ4v) is 3.73. The molecular weight excluding hydrogens is 414 g/mol. The summed E-state index contributed by atoms with van der Waals surface area (Å²) in [6, 6.07) is 21.3. The predicted octanol–water partition coefficient (Wildman–Crippen LogP) is 6.95. The monoisotopic (exact) mass is 425 g/mol. The maximum atomic E-state index is 3.83. The van der Waals surface area contributed by atoms with E-state index in [2.05, 4.69) is 104 Å². The highest BCUT2D eigenvalue weighted by molar-refractivity contribution is 9.10. The molecule has 1 nitrogen and oxygen atoms in total. The lowest BCUT2D eigenvalue weighted by atomic mass is 10.2. The lowest BCUT2D eigenvalue weighted by Gasteiger charge is -2.08. The van der Waals surface area contributed by atoms with Gasteiger partial charge in [0.25, 0.3) is 0 Å². The largest absolute Gasteiger partial charge is 0.309 e. The third-order valence-electron chi connectivity index (χ3n) is 4.08.